The number of ether oxygens (including phenoxy) is 1. The van der Waals surface area contributed by atoms with E-state index in [4.69, 9.17) is 15.7 Å². The molecule has 0 atom stereocenters. The Labute approximate surface area is 100 Å². The smallest absolute Gasteiger partial charge is 0.118 e. The summed E-state index contributed by atoms with van der Waals surface area (Å²) in [5.74, 6) is 0.788. The number of hydrogen-bond donors (Lipinski definition) is 1. The highest BCUT2D eigenvalue weighted by atomic mass is 16.5. The Bertz CT molecular complexity index is 568. The predicted molar refractivity (Wildman–Crippen MR) is 67.6 cm³/mol. The van der Waals surface area contributed by atoms with Gasteiger partial charge >= 0.3 is 0 Å². The maximum atomic E-state index is 9.11. The maximum absolute atomic E-state index is 9.11. The highest BCUT2D eigenvalue weighted by Crippen LogP contribution is 2.28. The van der Waals surface area contributed by atoms with Crippen LogP contribution in [-0.2, 0) is 0 Å². The molecule has 0 saturated carbocycles. The van der Waals surface area contributed by atoms with Crippen molar-refractivity contribution in [1.82, 2.24) is 0 Å². The number of nitrogens with two attached hydrogens (primary N) is 1. The molecule has 0 saturated heterocycles. The number of benzene rings is 2. The molecule has 17 heavy (non-hydrogen) atoms. The summed E-state index contributed by atoms with van der Waals surface area (Å²) in [6, 6.07) is 15.1. The first kappa shape index (κ1) is 11.0. The summed E-state index contributed by atoms with van der Waals surface area (Å²) >= 11 is 0. The second-order valence-corrected chi connectivity index (χ2v) is 3.61. The van der Waals surface area contributed by atoms with Gasteiger partial charge in [-0.2, -0.15) is 5.26 Å². The fourth-order valence-electron chi connectivity index (χ4n) is 1.71. The average molecular weight is 224 g/mol. The average Bonchev–Trinajstić information content (AvgIpc) is 2.38. The van der Waals surface area contributed by atoms with Crippen LogP contribution in [0.4, 0.5) is 5.69 Å². The van der Waals surface area contributed by atoms with Crippen LogP contribution in [0.5, 0.6) is 5.75 Å². The van der Waals surface area contributed by atoms with Crippen LogP contribution in [0.1, 0.15) is 5.56 Å². The summed E-state index contributed by atoms with van der Waals surface area (Å²) in [6.07, 6.45) is 0. The minimum atomic E-state index is 0.501. The van der Waals surface area contributed by atoms with E-state index in [2.05, 4.69) is 6.07 Å². The zero-order valence-electron chi connectivity index (χ0n) is 9.47. The lowest BCUT2D eigenvalue weighted by atomic mass is 9.99. The molecule has 2 aromatic carbocycles. The van der Waals surface area contributed by atoms with Crippen molar-refractivity contribution < 1.29 is 4.74 Å². The van der Waals surface area contributed by atoms with E-state index < -0.39 is 0 Å². The number of nitriles is 1. The Morgan fingerprint density at radius 3 is 2.41 bits per heavy atom. The monoisotopic (exact) mass is 224 g/mol. The molecule has 0 aliphatic heterocycles. The predicted octanol–water partition coefficient (Wildman–Crippen LogP) is 2.82. The largest absolute Gasteiger partial charge is 0.497 e. The minimum Gasteiger partial charge on any atom is -0.497 e. The zero-order chi connectivity index (χ0) is 12.3. The molecule has 84 valence electrons. The molecule has 0 aliphatic carbocycles. The van der Waals surface area contributed by atoms with Gasteiger partial charge in [-0.1, -0.05) is 24.3 Å². The first-order valence-corrected chi connectivity index (χ1v) is 5.19. The van der Waals surface area contributed by atoms with Crippen LogP contribution in [0.25, 0.3) is 11.1 Å². The molecule has 0 aliphatic rings. The SMILES string of the molecule is COc1ccc(-c2cccc(N)c2C#N)cc1. The van der Waals surface area contributed by atoms with Gasteiger partial charge in [0.25, 0.3) is 0 Å². The molecule has 0 radical (unpaired) electrons. The summed E-state index contributed by atoms with van der Waals surface area (Å²) in [4.78, 5) is 0. The molecule has 0 aromatic heterocycles. The van der Waals surface area contributed by atoms with Crippen molar-refractivity contribution in [1.29, 1.82) is 5.26 Å². The second-order valence-electron chi connectivity index (χ2n) is 3.61. The van der Waals surface area contributed by atoms with Gasteiger partial charge in [0.15, 0.2) is 0 Å². The van der Waals surface area contributed by atoms with Crippen LogP contribution >= 0.6 is 0 Å². The Morgan fingerprint density at radius 2 is 1.82 bits per heavy atom. The van der Waals surface area contributed by atoms with E-state index >= 15 is 0 Å². The van der Waals surface area contributed by atoms with Gasteiger partial charge in [-0.05, 0) is 23.8 Å². The van der Waals surface area contributed by atoms with E-state index in [0.717, 1.165) is 16.9 Å². The van der Waals surface area contributed by atoms with Crippen LogP contribution in [0.15, 0.2) is 42.5 Å². The Kier molecular flexibility index (Phi) is 2.97. The molecule has 3 heteroatoms. The molecule has 2 N–H and O–H groups in total. The van der Waals surface area contributed by atoms with Crippen molar-refractivity contribution in [2.24, 2.45) is 0 Å². The second kappa shape index (κ2) is 4.58. The third kappa shape index (κ3) is 2.06. The van der Waals surface area contributed by atoms with Gasteiger partial charge in [-0.15, -0.1) is 0 Å². The first-order valence-electron chi connectivity index (χ1n) is 5.19. The molecular weight excluding hydrogens is 212 g/mol. The van der Waals surface area contributed by atoms with Crippen molar-refractivity contribution in [3.8, 4) is 22.9 Å². The van der Waals surface area contributed by atoms with E-state index in [1.807, 2.05) is 36.4 Å². The lowest BCUT2D eigenvalue weighted by Crippen LogP contribution is -1.93. The highest BCUT2D eigenvalue weighted by Gasteiger charge is 2.07. The molecule has 3 nitrogen and oxygen atoms in total. The van der Waals surface area contributed by atoms with Crippen molar-refractivity contribution >= 4 is 5.69 Å². The van der Waals surface area contributed by atoms with Gasteiger partial charge in [0, 0.05) is 5.56 Å². The van der Waals surface area contributed by atoms with Gasteiger partial charge in [0.05, 0.1) is 18.4 Å². The fourth-order valence-corrected chi connectivity index (χ4v) is 1.71. The van der Waals surface area contributed by atoms with Gasteiger partial charge in [-0.25, -0.2) is 0 Å². The van der Waals surface area contributed by atoms with Crippen LogP contribution in [-0.4, -0.2) is 7.11 Å². The topological polar surface area (TPSA) is 59.0 Å². The van der Waals surface area contributed by atoms with Gasteiger partial charge < -0.3 is 10.5 Å². The molecular formula is C14H12N2O. The summed E-state index contributed by atoms with van der Waals surface area (Å²) in [5, 5.41) is 9.11. The number of nitrogens with zero attached hydrogens (tertiary/aromatic N) is 1. The van der Waals surface area contributed by atoms with E-state index in [1.165, 1.54) is 0 Å². The van der Waals surface area contributed by atoms with E-state index in [1.54, 1.807) is 13.2 Å². The van der Waals surface area contributed by atoms with Crippen LogP contribution in [0.3, 0.4) is 0 Å². The molecule has 0 unspecified atom stereocenters. The summed E-state index contributed by atoms with van der Waals surface area (Å²) in [5.41, 5.74) is 8.59. The number of anilines is 1. The number of nitrogen functional groups attached to an aromatic ring is 1. The number of rotatable bonds is 2. The molecule has 2 aromatic rings. The Hall–Kier alpha value is -2.47. The fraction of sp³-hybridized carbons (Fsp3) is 0.0714. The summed E-state index contributed by atoms with van der Waals surface area (Å²) < 4.78 is 5.10. The van der Waals surface area contributed by atoms with Gasteiger partial charge in [-0.3, -0.25) is 0 Å². The van der Waals surface area contributed by atoms with E-state index in [-0.39, 0.29) is 0 Å². The van der Waals surface area contributed by atoms with Crippen LogP contribution < -0.4 is 10.5 Å². The third-order valence-electron chi connectivity index (χ3n) is 2.61. The summed E-state index contributed by atoms with van der Waals surface area (Å²) in [6.45, 7) is 0. The number of methoxy groups -OCH3 is 1. The molecule has 0 heterocycles. The van der Waals surface area contributed by atoms with E-state index in [0.29, 0.717) is 11.3 Å². The first-order chi connectivity index (χ1) is 8.26. The Morgan fingerprint density at radius 1 is 1.12 bits per heavy atom. The standard InChI is InChI=1S/C14H12N2O/c1-17-11-7-5-10(6-8-11)12-3-2-4-14(16)13(12)9-15/h2-8H,16H2,1H3. The quantitative estimate of drug-likeness (QED) is 0.798. The van der Waals surface area contributed by atoms with Crippen molar-refractivity contribution in [2.45, 2.75) is 0 Å². The van der Waals surface area contributed by atoms with Gasteiger partial charge in [0.2, 0.25) is 0 Å². The van der Waals surface area contributed by atoms with Gasteiger partial charge in [0.1, 0.15) is 11.8 Å². The number of hydrogen-bond acceptors (Lipinski definition) is 3. The third-order valence-corrected chi connectivity index (χ3v) is 2.61. The molecule has 0 amide bonds. The molecule has 0 bridgehead atoms. The molecule has 0 spiro atoms. The minimum absolute atomic E-state index is 0.501. The van der Waals surface area contributed by atoms with Crippen LogP contribution in [0.2, 0.25) is 0 Å². The Balaban J connectivity index is 2.53. The lowest BCUT2D eigenvalue weighted by molar-refractivity contribution is 0.415. The highest BCUT2D eigenvalue weighted by molar-refractivity contribution is 5.77. The lowest BCUT2D eigenvalue weighted by Gasteiger charge is -2.07. The molecule has 0 fully saturated rings. The van der Waals surface area contributed by atoms with E-state index in [9.17, 15) is 0 Å². The molecule has 2 rings (SSSR count). The maximum Gasteiger partial charge on any atom is 0.118 e. The van der Waals surface area contributed by atoms with Crippen molar-refractivity contribution in [3.63, 3.8) is 0 Å². The van der Waals surface area contributed by atoms with Crippen molar-refractivity contribution in [3.05, 3.63) is 48.0 Å². The zero-order valence-corrected chi connectivity index (χ0v) is 9.47. The normalized spacial score (nSPS) is 9.65. The van der Waals surface area contributed by atoms with Crippen molar-refractivity contribution in [2.75, 3.05) is 12.8 Å². The van der Waals surface area contributed by atoms with Crippen LogP contribution in [0, 0.1) is 11.3 Å². The summed E-state index contributed by atoms with van der Waals surface area (Å²) in [7, 11) is 1.62.